The number of nitrogens with one attached hydrogen (secondary N) is 1. The van der Waals surface area contributed by atoms with Gasteiger partial charge >= 0.3 is 0 Å². The summed E-state index contributed by atoms with van der Waals surface area (Å²) in [5.41, 5.74) is 8.20. The average molecular weight is 741 g/mol. The van der Waals surface area contributed by atoms with Crippen LogP contribution in [0.1, 0.15) is 84.7 Å². The van der Waals surface area contributed by atoms with E-state index in [0.29, 0.717) is 6.04 Å². The molecule has 1 aliphatic heterocycles. The number of hydrogen-bond donors (Lipinski definition) is 1. The SMILES string of the molecule is CC.CCC.Cc1cc(-n2cnc3ccccc32)ccn1.Cc1cn(-c2cc(CN3CCCC([N-]C(C)(C)C)C3)cc(NC=O)c2)cn1.[Y]. The first kappa shape index (κ1) is 41.9. The van der Waals surface area contributed by atoms with E-state index < -0.39 is 0 Å². The monoisotopic (exact) mass is 740 g/mol. The van der Waals surface area contributed by atoms with Crippen LogP contribution in [0.25, 0.3) is 27.7 Å². The predicted octanol–water partition coefficient (Wildman–Crippen LogP) is 9.05. The Hall–Kier alpha value is -3.24. The van der Waals surface area contributed by atoms with Gasteiger partial charge in [-0.1, -0.05) is 73.4 Å². The van der Waals surface area contributed by atoms with Crippen LogP contribution in [0.4, 0.5) is 5.69 Å². The number of para-hydroxylation sites is 2. The van der Waals surface area contributed by atoms with E-state index in [9.17, 15) is 4.79 Å². The number of carbonyl (C=O) groups excluding carboxylic acids is 1. The summed E-state index contributed by atoms with van der Waals surface area (Å²) >= 11 is 0. The number of likely N-dealkylation sites (tertiary alicyclic amines) is 1. The van der Waals surface area contributed by atoms with Crippen LogP contribution in [0, 0.1) is 13.8 Å². The average Bonchev–Trinajstić information content (AvgIpc) is 3.69. The molecule has 3 aromatic heterocycles. The first-order valence-electron chi connectivity index (χ1n) is 17.2. The van der Waals surface area contributed by atoms with Crippen molar-refractivity contribution in [3.05, 3.63) is 102 Å². The molecule has 261 valence electrons. The normalized spacial score (nSPS) is 14.2. The standard InChI is InChI=1S/C21H30N5O.C13H11N3.C3H8.C2H6.Y/c1-16-11-26(14-22-16)20-9-17(8-19(10-20)23-15-27)12-25-7-5-6-18(13-25)24-21(2,3)4;1-10-8-11(6-7-14-10)16-9-15-12-4-2-3-5-13(12)16;1-3-2;1-2;/h8-11,14-15,18H,5-7,12-13H2,1-4H3,(H,23,27);2-9H,1H3;3H2,1-2H3;1-2H3;/q-1;;;;. The van der Waals surface area contributed by atoms with Crippen LogP contribution in [0.3, 0.4) is 0 Å². The summed E-state index contributed by atoms with van der Waals surface area (Å²) in [6, 6.07) is 18.7. The maximum absolute atomic E-state index is 11.0. The van der Waals surface area contributed by atoms with Crippen molar-refractivity contribution in [2.75, 3.05) is 18.4 Å². The van der Waals surface area contributed by atoms with E-state index in [4.69, 9.17) is 5.32 Å². The molecular formula is C39H55N8OY-. The van der Waals surface area contributed by atoms with Crippen molar-refractivity contribution >= 4 is 23.1 Å². The largest absolute Gasteiger partial charge is 0.654 e. The van der Waals surface area contributed by atoms with Crippen molar-refractivity contribution in [1.29, 1.82) is 0 Å². The number of fused-ring (bicyclic) bond motifs is 1. The summed E-state index contributed by atoms with van der Waals surface area (Å²) < 4.78 is 4.06. The fourth-order valence-corrected chi connectivity index (χ4v) is 5.56. The number of aromatic nitrogens is 5. The first-order valence-corrected chi connectivity index (χ1v) is 17.2. The maximum Gasteiger partial charge on any atom is 0.211 e. The topological polar surface area (TPSA) is 95.0 Å². The molecular weight excluding hydrogens is 685 g/mol. The van der Waals surface area contributed by atoms with Gasteiger partial charge in [-0.25, -0.2) is 9.97 Å². The second-order valence-corrected chi connectivity index (χ2v) is 12.9. The molecule has 1 amide bonds. The molecule has 1 fully saturated rings. The Labute approximate surface area is 319 Å². The molecule has 9 nitrogen and oxygen atoms in total. The minimum absolute atomic E-state index is 0. The van der Waals surface area contributed by atoms with Gasteiger partial charge in [-0.3, -0.25) is 14.3 Å². The van der Waals surface area contributed by atoms with Crippen LogP contribution in [0.5, 0.6) is 0 Å². The van der Waals surface area contributed by atoms with E-state index in [0.717, 1.165) is 65.5 Å². The number of amides is 1. The molecule has 1 saturated heterocycles. The summed E-state index contributed by atoms with van der Waals surface area (Å²) in [7, 11) is 0. The Morgan fingerprint density at radius 1 is 0.939 bits per heavy atom. The number of rotatable bonds is 7. The molecule has 2 aromatic carbocycles. The van der Waals surface area contributed by atoms with Crippen LogP contribution < -0.4 is 5.32 Å². The van der Waals surface area contributed by atoms with Gasteiger partial charge in [-0.05, 0) is 81.4 Å². The Balaban J connectivity index is 0.000000321. The van der Waals surface area contributed by atoms with Gasteiger partial charge in [-0.15, -0.1) is 11.6 Å². The van der Waals surface area contributed by atoms with E-state index in [1.165, 1.54) is 24.8 Å². The number of anilines is 1. The van der Waals surface area contributed by atoms with Crippen molar-refractivity contribution < 1.29 is 37.5 Å². The van der Waals surface area contributed by atoms with Gasteiger partial charge in [0.15, 0.2) is 0 Å². The first-order chi connectivity index (χ1) is 23.1. The molecule has 1 atom stereocenters. The Morgan fingerprint density at radius 3 is 2.33 bits per heavy atom. The van der Waals surface area contributed by atoms with Crippen molar-refractivity contribution in [2.45, 2.75) is 99.7 Å². The molecule has 1 radical (unpaired) electrons. The molecule has 0 spiro atoms. The number of imidazole rings is 2. The Kier molecular flexibility index (Phi) is 18.0. The number of pyridine rings is 1. The molecule has 5 aromatic rings. The number of nitrogens with zero attached hydrogens (tertiary/aromatic N) is 7. The molecule has 0 saturated carbocycles. The van der Waals surface area contributed by atoms with Gasteiger partial charge in [-0.2, -0.15) is 0 Å². The number of benzene rings is 2. The molecule has 1 N–H and O–H groups in total. The third-order valence-electron chi connectivity index (χ3n) is 7.28. The fraction of sp³-hybridized carbons (Fsp3) is 0.436. The predicted molar refractivity (Wildman–Crippen MR) is 200 cm³/mol. The number of carbonyl (C=O) groups is 1. The molecule has 0 aliphatic carbocycles. The van der Waals surface area contributed by atoms with Gasteiger partial charge in [0, 0.05) is 68.7 Å². The fourth-order valence-electron chi connectivity index (χ4n) is 5.56. The molecule has 0 bridgehead atoms. The van der Waals surface area contributed by atoms with Crippen LogP contribution >= 0.6 is 0 Å². The van der Waals surface area contributed by atoms with E-state index in [1.54, 1.807) is 6.33 Å². The number of aryl methyl sites for hydroxylation is 2. The quantitative estimate of drug-likeness (QED) is 0.168. The van der Waals surface area contributed by atoms with E-state index >= 15 is 0 Å². The summed E-state index contributed by atoms with van der Waals surface area (Å²) in [4.78, 5) is 26.3. The van der Waals surface area contributed by atoms with Gasteiger partial charge in [0.2, 0.25) is 6.41 Å². The van der Waals surface area contributed by atoms with Gasteiger partial charge in [0.05, 0.1) is 28.7 Å². The molecule has 49 heavy (non-hydrogen) atoms. The van der Waals surface area contributed by atoms with Gasteiger partial charge in [0.25, 0.3) is 0 Å². The summed E-state index contributed by atoms with van der Waals surface area (Å²) in [5.74, 6) is 0. The van der Waals surface area contributed by atoms with Crippen molar-refractivity contribution in [3.8, 4) is 11.4 Å². The third-order valence-corrected chi connectivity index (χ3v) is 7.28. The molecule has 4 heterocycles. The zero-order valence-electron chi connectivity index (χ0n) is 31.0. The summed E-state index contributed by atoms with van der Waals surface area (Å²) in [6.07, 6.45) is 11.8. The van der Waals surface area contributed by atoms with E-state index in [-0.39, 0.29) is 38.2 Å². The van der Waals surface area contributed by atoms with Gasteiger partial charge < -0.3 is 20.1 Å². The van der Waals surface area contributed by atoms with Crippen LogP contribution in [0.2, 0.25) is 0 Å². The van der Waals surface area contributed by atoms with Crippen LogP contribution in [0.15, 0.2) is 79.6 Å². The summed E-state index contributed by atoms with van der Waals surface area (Å²) in [5, 5.41) is 7.75. The smallest absolute Gasteiger partial charge is 0.211 e. The minimum atomic E-state index is 0. The van der Waals surface area contributed by atoms with Gasteiger partial charge in [0.1, 0.15) is 6.33 Å². The third kappa shape index (κ3) is 13.5. The number of piperidine rings is 1. The van der Waals surface area contributed by atoms with Crippen molar-refractivity contribution in [3.63, 3.8) is 0 Å². The Morgan fingerprint density at radius 2 is 1.67 bits per heavy atom. The zero-order valence-corrected chi connectivity index (χ0v) is 33.9. The van der Waals surface area contributed by atoms with Crippen molar-refractivity contribution in [1.82, 2.24) is 29.0 Å². The number of hydrogen-bond acceptors (Lipinski definition) is 5. The van der Waals surface area contributed by atoms with Crippen molar-refractivity contribution in [2.24, 2.45) is 0 Å². The molecule has 10 heteroatoms. The minimum Gasteiger partial charge on any atom is -0.654 e. The van der Waals surface area contributed by atoms with E-state index in [1.807, 2.05) is 93.4 Å². The van der Waals surface area contributed by atoms with Crippen LogP contribution in [-0.4, -0.2) is 60.1 Å². The second kappa shape index (κ2) is 21.1. The summed E-state index contributed by atoms with van der Waals surface area (Å²) in [6.45, 7) is 21.6. The second-order valence-electron chi connectivity index (χ2n) is 12.9. The van der Waals surface area contributed by atoms with Crippen LogP contribution in [-0.2, 0) is 44.0 Å². The molecule has 1 unspecified atom stereocenters. The Bertz CT molecular complexity index is 1690. The zero-order chi connectivity index (χ0) is 35.1. The maximum atomic E-state index is 11.0. The van der Waals surface area contributed by atoms with E-state index in [2.05, 4.69) is 76.5 Å². The molecule has 1 aliphatic rings. The molecule has 6 rings (SSSR count).